The van der Waals surface area contributed by atoms with E-state index in [0.29, 0.717) is 29.8 Å². The summed E-state index contributed by atoms with van der Waals surface area (Å²) in [5.74, 6) is -3.20. The number of carboxylic acid groups (broad SMARTS) is 1. The van der Waals surface area contributed by atoms with Crippen LogP contribution in [0.1, 0.15) is 47.8 Å². The number of halogens is 2. The van der Waals surface area contributed by atoms with Crippen LogP contribution >= 0.6 is 0 Å². The van der Waals surface area contributed by atoms with Crippen LogP contribution < -0.4 is 0 Å². The molecule has 5 nitrogen and oxygen atoms in total. The third kappa shape index (κ3) is 2.23. The Morgan fingerprint density at radius 2 is 2.10 bits per heavy atom. The van der Waals surface area contributed by atoms with E-state index in [2.05, 4.69) is 15.0 Å². The Labute approximate surface area is 113 Å². The first-order valence-corrected chi connectivity index (χ1v) is 6.42. The van der Waals surface area contributed by atoms with Crippen LogP contribution in [0.3, 0.4) is 0 Å². The lowest BCUT2D eigenvalue weighted by Crippen LogP contribution is -2.24. The van der Waals surface area contributed by atoms with Crippen LogP contribution in [0.25, 0.3) is 11.2 Å². The van der Waals surface area contributed by atoms with E-state index in [0.717, 1.165) is 0 Å². The van der Waals surface area contributed by atoms with Crippen molar-refractivity contribution in [3.05, 3.63) is 23.7 Å². The van der Waals surface area contributed by atoms with Crippen molar-refractivity contribution in [1.82, 2.24) is 15.0 Å². The molecule has 1 fully saturated rings. The Hall–Kier alpha value is -2.05. The van der Waals surface area contributed by atoms with Gasteiger partial charge in [0.05, 0.1) is 11.1 Å². The highest BCUT2D eigenvalue weighted by Crippen LogP contribution is 2.40. The van der Waals surface area contributed by atoms with Gasteiger partial charge < -0.3 is 10.1 Å². The molecule has 0 aromatic carbocycles. The number of aromatic carboxylic acids is 1. The number of rotatable bonds is 2. The van der Waals surface area contributed by atoms with Crippen LogP contribution in [0.4, 0.5) is 8.78 Å². The highest BCUT2D eigenvalue weighted by atomic mass is 19.3. The van der Waals surface area contributed by atoms with Gasteiger partial charge in [0.25, 0.3) is 0 Å². The molecule has 2 aromatic rings. The minimum Gasteiger partial charge on any atom is -0.478 e. The fourth-order valence-corrected chi connectivity index (χ4v) is 2.61. The number of alkyl halides is 2. The van der Waals surface area contributed by atoms with Crippen LogP contribution in [-0.2, 0) is 0 Å². The van der Waals surface area contributed by atoms with E-state index in [4.69, 9.17) is 5.11 Å². The zero-order chi connectivity index (χ0) is 14.3. The van der Waals surface area contributed by atoms with Crippen LogP contribution in [0.15, 0.2) is 12.3 Å². The maximum Gasteiger partial charge on any atom is 0.338 e. The second-order valence-corrected chi connectivity index (χ2v) is 5.11. The summed E-state index contributed by atoms with van der Waals surface area (Å²) in [7, 11) is 0. The summed E-state index contributed by atoms with van der Waals surface area (Å²) >= 11 is 0. The van der Waals surface area contributed by atoms with Crippen LogP contribution in [-0.4, -0.2) is 32.0 Å². The molecular weight excluding hydrogens is 268 g/mol. The highest BCUT2D eigenvalue weighted by molar-refractivity contribution is 5.99. The van der Waals surface area contributed by atoms with Gasteiger partial charge in [-0.15, -0.1) is 0 Å². The maximum atomic E-state index is 13.1. The Kier molecular flexibility index (Phi) is 2.92. The average molecular weight is 281 g/mol. The van der Waals surface area contributed by atoms with Crippen LogP contribution in [0, 0.1) is 0 Å². The molecule has 0 amide bonds. The van der Waals surface area contributed by atoms with Gasteiger partial charge in [0.1, 0.15) is 5.82 Å². The second-order valence-electron chi connectivity index (χ2n) is 5.11. The van der Waals surface area contributed by atoms with Crippen molar-refractivity contribution in [2.45, 2.75) is 37.5 Å². The molecule has 1 aliphatic carbocycles. The number of nitrogens with zero attached hydrogens (tertiary/aromatic N) is 2. The maximum absolute atomic E-state index is 13.1. The lowest BCUT2D eigenvalue weighted by Gasteiger charge is -2.26. The summed E-state index contributed by atoms with van der Waals surface area (Å²) in [6, 6.07) is 1.39. The van der Waals surface area contributed by atoms with Crippen LogP contribution in [0.5, 0.6) is 0 Å². The third-order valence-corrected chi connectivity index (χ3v) is 3.74. The minimum absolute atomic E-state index is 0.0922. The molecule has 7 heteroatoms. The van der Waals surface area contributed by atoms with Gasteiger partial charge in [-0.1, -0.05) is 0 Å². The van der Waals surface area contributed by atoms with E-state index < -0.39 is 11.9 Å². The minimum atomic E-state index is -2.59. The molecule has 2 N–H and O–H groups in total. The van der Waals surface area contributed by atoms with E-state index in [9.17, 15) is 13.6 Å². The number of aromatic amines is 1. The molecular formula is C13H13F2N3O2. The number of carboxylic acids is 1. The van der Waals surface area contributed by atoms with Crippen molar-refractivity contribution >= 4 is 17.1 Å². The Bertz CT molecular complexity index is 659. The fourth-order valence-electron chi connectivity index (χ4n) is 2.61. The summed E-state index contributed by atoms with van der Waals surface area (Å²) in [5.41, 5.74) is 0.763. The average Bonchev–Trinajstić information content (AvgIpc) is 2.81. The van der Waals surface area contributed by atoms with E-state index in [1.54, 1.807) is 0 Å². The number of pyridine rings is 1. The molecule has 2 aromatic heterocycles. The Balaban J connectivity index is 1.94. The van der Waals surface area contributed by atoms with Gasteiger partial charge in [0.2, 0.25) is 5.92 Å². The van der Waals surface area contributed by atoms with Gasteiger partial charge in [-0.05, 0) is 18.9 Å². The van der Waals surface area contributed by atoms with Crippen LogP contribution in [0.2, 0.25) is 0 Å². The predicted octanol–water partition coefficient (Wildman–Crippen LogP) is 2.95. The van der Waals surface area contributed by atoms with E-state index in [1.807, 2.05) is 0 Å². The van der Waals surface area contributed by atoms with E-state index in [-0.39, 0.29) is 24.3 Å². The van der Waals surface area contributed by atoms with Crippen molar-refractivity contribution in [2.75, 3.05) is 0 Å². The normalized spacial score (nSPS) is 19.3. The summed E-state index contributed by atoms with van der Waals surface area (Å²) in [6.45, 7) is 0. The quantitative estimate of drug-likeness (QED) is 0.887. The van der Waals surface area contributed by atoms with Crippen molar-refractivity contribution in [3.63, 3.8) is 0 Å². The molecule has 2 heterocycles. The molecule has 1 saturated carbocycles. The first kappa shape index (κ1) is 13.0. The van der Waals surface area contributed by atoms with Gasteiger partial charge in [-0.25, -0.2) is 23.5 Å². The third-order valence-electron chi connectivity index (χ3n) is 3.74. The Morgan fingerprint density at radius 1 is 1.40 bits per heavy atom. The van der Waals surface area contributed by atoms with Gasteiger partial charge in [-0.3, -0.25) is 0 Å². The van der Waals surface area contributed by atoms with Gasteiger partial charge in [-0.2, -0.15) is 0 Å². The molecule has 3 rings (SSSR count). The first-order valence-electron chi connectivity index (χ1n) is 6.42. The second kappa shape index (κ2) is 4.50. The lowest BCUT2D eigenvalue weighted by molar-refractivity contribution is -0.0387. The lowest BCUT2D eigenvalue weighted by atomic mass is 9.86. The molecule has 0 atom stereocenters. The zero-order valence-corrected chi connectivity index (χ0v) is 10.6. The predicted molar refractivity (Wildman–Crippen MR) is 67.0 cm³/mol. The number of hydrogen-bond donors (Lipinski definition) is 2. The topological polar surface area (TPSA) is 78.9 Å². The van der Waals surface area contributed by atoms with Crippen molar-refractivity contribution in [2.24, 2.45) is 0 Å². The van der Waals surface area contributed by atoms with E-state index >= 15 is 0 Å². The smallest absolute Gasteiger partial charge is 0.338 e. The molecule has 20 heavy (non-hydrogen) atoms. The first-order chi connectivity index (χ1) is 9.46. The van der Waals surface area contributed by atoms with Gasteiger partial charge in [0.15, 0.2) is 5.65 Å². The monoisotopic (exact) mass is 281 g/mol. The highest BCUT2D eigenvalue weighted by Gasteiger charge is 2.36. The van der Waals surface area contributed by atoms with Crippen molar-refractivity contribution in [1.29, 1.82) is 0 Å². The standard InChI is InChI=1S/C13H13F2N3O2/c14-13(15)4-1-7(2-5-13)10-17-9-8(12(19)20)3-6-16-11(9)18-10/h3,6-7H,1-2,4-5H2,(H,19,20)(H,16,17,18). The number of hydrogen-bond acceptors (Lipinski definition) is 3. The molecule has 0 spiro atoms. The molecule has 0 radical (unpaired) electrons. The molecule has 106 valence electrons. The van der Waals surface area contributed by atoms with E-state index in [1.165, 1.54) is 12.3 Å². The fraction of sp³-hybridized carbons (Fsp3) is 0.462. The van der Waals surface area contributed by atoms with Crippen molar-refractivity contribution in [3.8, 4) is 0 Å². The summed E-state index contributed by atoms with van der Waals surface area (Å²) in [4.78, 5) is 22.3. The summed E-state index contributed by atoms with van der Waals surface area (Å²) < 4.78 is 26.3. The number of carbonyl (C=O) groups is 1. The SMILES string of the molecule is O=C(O)c1ccnc2nc(C3CCC(F)(F)CC3)[nH]c12. The molecule has 0 unspecified atom stereocenters. The largest absolute Gasteiger partial charge is 0.478 e. The molecule has 0 bridgehead atoms. The molecule has 1 aliphatic rings. The van der Waals surface area contributed by atoms with Crippen molar-refractivity contribution < 1.29 is 18.7 Å². The summed E-state index contributed by atoms with van der Waals surface area (Å²) in [6.07, 6.45) is 1.75. The number of nitrogens with one attached hydrogen (secondary N) is 1. The van der Waals surface area contributed by atoms with Gasteiger partial charge in [0, 0.05) is 25.0 Å². The summed E-state index contributed by atoms with van der Waals surface area (Å²) in [5, 5.41) is 9.10. The number of fused-ring (bicyclic) bond motifs is 1. The molecule has 0 aliphatic heterocycles. The molecule has 0 saturated heterocycles. The van der Waals surface area contributed by atoms with Gasteiger partial charge >= 0.3 is 5.97 Å². The Morgan fingerprint density at radius 3 is 2.75 bits per heavy atom. The number of imidazole rings is 1. The zero-order valence-electron chi connectivity index (χ0n) is 10.6. The number of aromatic nitrogens is 3. The number of H-pyrrole nitrogens is 1.